The van der Waals surface area contributed by atoms with E-state index in [0.29, 0.717) is 6.54 Å². The van der Waals surface area contributed by atoms with Gasteiger partial charge in [0.05, 0.1) is 5.60 Å². The molecule has 0 amide bonds. The van der Waals surface area contributed by atoms with Crippen molar-refractivity contribution >= 4 is 0 Å². The standard InChI is InChI=1S/C15H30N2O/c1-15(18,12-16)9-5-11-17-10-4-7-13-6-2-3-8-14(13)17/h13-14,18H,2-12,16H2,1H3/t13-,14-,15?/m1/s1. The summed E-state index contributed by atoms with van der Waals surface area (Å²) in [5.74, 6) is 0.961. The number of likely N-dealkylation sites (tertiary alicyclic amines) is 1. The lowest BCUT2D eigenvalue weighted by Crippen LogP contribution is -2.47. The van der Waals surface area contributed by atoms with Gasteiger partial charge in [0.1, 0.15) is 0 Å². The number of hydrogen-bond acceptors (Lipinski definition) is 3. The topological polar surface area (TPSA) is 49.5 Å². The second kappa shape index (κ2) is 6.36. The molecule has 18 heavy (non-hydrogen) atoms. The highest BCUT2D eigenvalue weighted by Gasteiger charge is 2.32. The lowest BCUT2D eigenvalue weighted by Gasteiger charge is -2.44. The Kier molecular flexibility index (Phi) is 5.05. The third-order valence-corrected chi connectivity index (χ3v) is 4.96. The van der Waals surface area contributed by atoms with Gasteiger partial charge in [-0.1, -0.05) is 12.8 Å². The molecule has 1 saturated carbocycles. The van der Waals surface area contributed by atoms with E-state index in [1.54, 1.807) is 0 Å². The lowest BCUT2D eigenvalue weighted by molar-refractivity contribution is 0.0347. The summed E-state index contributed by atoms with van der Waals surface area (Å²) < 4.78 is 0. The van der Waals surface area contributed by atoms with Crippen LogP contribution in [0.1, 0.15) is 58.3 Å². The van der Waals surface area contributed by atoms with Crippen LogP contribution in [0.2, 0.25) is 0 Å². The molecule has 3 N–H and O–H groups in total. The zero-order valence-electron chi connectivity index (χ0n) is 11.9. The van der Waals surface area contributed by atoms with Crippen molar-refractivity contribution in [2.45, 2.75) is 69.9 Å². The normalized spacial score (nSPS) is 32.8. The van der Waals surface area contributed by atoms with E-state index in [2.05, 4.69) is 4.90 Å². The molecular formula is C15H30N2O. The van der Waals surface area contributed by atoms with Gasteiger partial charge in [-0.05, 0) is 64.5 Å². The molecule has 1 saturated heterocycles. The Hall–Kier alpha value is -0.120. The minimum atomic E-state index is -0.665. The summed E-state index contributed by atoms with van der Waals surface area (Å²) in [5, 5.41) is 9.94. The first-order chi connectivity index (χ1) is 8.62. The summed E-state index contributed by atoms with van der Waals surface area (Å²) in [4.78, 5) is 2.69. The van der Waals surface area contributed by atoms with Crippen molar-refractivity contribution in [2.24, 2.45) is 11.7 Å². The minimum absolute atomic E-state index is 0.374. The number of fused-ring (bicyclic) bond motifs is 1. The number of nitrogens with two attached hydrogens (primary N) is 1. The van der Waals surface area contributed by atoms with E-state index in [4.69, 9.17) is 5.73 Å². The second-order valence-electron chi connectivity index (χ2n) is 6.59. The third-order valence-electron chi connectivity index (χ3n) is 4.96. The molecular weight excluding hydrogens is 224 g/mol. The number of aliphatic hydroxyl groups is 1. The van der Waals surface area contributed by atoms with E-state index >= 15 is 0 Å². The molecule has 3 nitrogen and oxygen atoms in total. The molecule has 0 bridgehead atoms. The molecule has 0 aromatic rings. The van der Waals surface area contributed by atoms with Crippen LogP contribution < -0.4 is 5.73 Å². The Morgan fingerprint density at radius 2 is 1.94 bits per heavy atom. The van der Waals surface area contributed by atoms with E-state index in [0.717, 1.165) is 31.3 Å². The first-order valence-corrected chi connectivity index (χ1v) is 7.79. The first kappa shape index (κ1) is 14.3. The average Bonchev–Trinajstić information content (AvgIpc) is 2.39. The fourth-order valence-electron chi connectivity index (χ4n) is 3.77. The summed E-state index contributed by atoms with van der Waals surface area (Å²) in [6.07, 6.45) is 10.4. The van der Waals surface area contributed by atoms with Crippen LogP contribution in [-0.4, -0.2) is 41.3 Å². The van der Waals surface area contributed by atoms with Gasteiger partial charge in [-0.25, -0.2) is 0 Å². The van der Waals surface area contributed by atoms with Gasteiger partial charge >= 0.3 is 0 Å². The highest BCUT2D eigenvalue weighted by atomic mass is 16.3. The van der Waals surface area contributed by atoms with Crippen LogP contribution in [0.25, 0.3) is 0 Å². The average molecular weight is 254 g/mol. The zero-order chi connectivity index (χ0) is 13.0. The fraction of sp³-hybridized carbons (Fsp3) is 1.00. The maximum atomic E-state index is 9.94. The van der Waals surface area contributed by atoms with E-state index in [1.165, 1.54) is 45.1 Å². The van der Waals surface area contributed by atoms with Gasteiger partial charge in [0.2, 0.25) is 0 Å². The highest BCUT2D eigenvalue weighted by molar-refractivity contribution is 4.87. The Balaban J connectivity index is 1.77. The molecule has 0 aromatic carbocycles. The molecule has 2 rings (SSSR count). The summed E-state index contributed by atoms with van der Waals surface area (Å²) in [6.45, 7) is 4.65. The quantitative estimate of drug-likeness (QED) is 0.790. The van der Waals surface area contributed by atoms with Crippen molar-refractivity contribution in [1.29, 1.82) is 0 Å². The molecule has 2 fully saturated rings. The molecule has 1 aliphatic heterocycles. The summed E-state index contributed by atoms with van der Waals surface area (Å²) >= 11 is 0. The van der Waals surface area contributed by atoms with E-state index < -0.39 is 5.60 Å². The minimum Gasteiger partial charge on any atom is -0.389 e. The largest absolute Gasteiger partial charge is 0.389 e. The molecule has 0 radical (unpaired) electrons. The predicted molar refractivity (Wildman–Crippen MR) is 75.5 cm³/mol. The molecule has 1 heterocycles. The molecule has 1 aliphatic carbocycles. The van der Waals surface area contributed by atoms with Crippen LogP contribution in [-0.2, 0) is 0 Å². The number of hydrogen-bond donors (Lipinski definition) is 2. The summed E-state index contributed by atoms with van der Waals surface area (Å²) in [6, 6.07) is 0.843. The lowest BCUT2D eigenvalue weighted by atomic mass is 9.78. The van der Waals surface area contributed by atoms with Crippen molar-refractivity contribution in [3.05, 3.63) is 0 Å². The van der Waals surface area contributed by atoms with Crippen LogP contribution in [0.4, 0.5) is 0 Å². The van der Waals surface area contributed by atoms with Crippen LogP contribution in [0.5, 0.6) is 0 Å². The molecule has 3 heteroatoms. The molecule has 0 spiro atoms. The van der Waals surface area contributed by atoms with Crippen LogP contribution >= 0.6 is 0 Å². The highest BCUT2D eigenvalue weighted by Crippen LogP contribution is 2.35. The number of nitrogens with zero attached hydrogens (tertiary/aromatic N) is 1. The van der Waals surface area contributed by atoms with Crippen molar-refractivity contribution in [3.8, 4) is 0 Å². The third kappa shape index (κ3) is 3.69. The smallest absolute Gasteiger partial charge is 0.0741 e. The number of rotatable bonds is 5. The predicted octanol–water partition coefficient (Wildman–Crippen LogP) is 2.13. The van der Waals surface area contributed by atoms with E-state index in [1.807, 2.05) is 6.92 Å². The molecule has 1 unspecified atom stereocenters. The molecule has 3 atom stereocenters. The van der Waals surface area contributed by atoms with Gasteiger partial charge in [-0.3, -0.25) is 0 Å². The van der Waals surface area contributed by atoms with Gasteiger partial charge in [-0.15, -0.1) is 0 Å². The zero-order valence-corrected chi connectivity index (χ0v) is 11.9. The van der Waals surface area contributed by atoms with Gasteiger partial charge in [0.25, 0.3) is 0 Å². The van der Waals surface area contributed by atoms with Gasteiger partial charge < -0.3 is 15.7 Å². The van der Waals surface area contributed by atoms with Crippen molar-refractivity contribution in [2.75, 3.05) is 19.6 Å². The first-order valence-electron chi connectivity index (χ1n) is 7.79. The van der Waals surface area contributed by atoms with Gasteiger partial charge in [0, 0.05) is 12.6 Å². The molecule has 106 valence electrons. The van der Waals surface area contributed by atoms with Crippen LogP contribution in [0.15, 0.2) is 0 Å². The van der Waals surface area contributed by atoms with Crippen molar-refractivity contribution in [1.82, 2.24) is 4.90 Å². The van der Waals surface area contributed by atoms with Crippen molar-refractivity contribution in [3.63, 3.8) is 0 Å². The fourth-order valence-corrected chi connectivity index (χ4v) is 3.77. The Morgan fingerprint density at radius 3 is 2.72 bits per heavy atom. The summed E-state index contributed by atoms with van der Waals surface area (Å²) in [7, 11) is 0. The van der Waals surface area contributed by atoms with Gasteiger partial charge in [-0.2, -0.15) is 0 Å². The van der Waals surface area contributed by atoms with Crippen LogP contribution in [0, 0.1) is 5.92 Å². The Morgan fingerprint density at radius 1 is 1.22 bits per heavy atom. The monoisotopic (exact) mass is 254 g/mol. The SMILES string of the molecule is CC(O)(CN)CCCN1CCC[C@H]2CCCC[C@H]21. The summed E-state index contributed by atoms with van der Waals surface area (Å²) in [5.41, 5.74) is 4.90. The van der Waals surface area contributed by atoms with E-state index in [9.17, 15) is 5.11 Å². The second-order valence-corrected chi connectivity index (χ2v) is 6.59. The van der Waals surface area contributed by atoms with Gasteiger partial charge in [0.15, 0.2) is 0 Å². The molecule has 2 aliphatic rings. The maximum Gasteiger partial charge on any atom is 0.0741 e. The maximum absolute atomic E-state index is 9.94. The number of piperidine rings is 1. The Bertz CT molecular complexity index is 253. The molecule has 0 aromatic heterocycles. The Labute approximate surface area is 112 Å². The van der Waals surface area contributed by atoms with Crippen molar-refractivity contribution < 1.29 is 5.11 Å². The van der Waals surface area contributed by atoms with Crippen LogP contribution in [0.3, 0.4) is 0 Å². The van der Waals surface area contributed by atoms with E-state index in [-0.39, 0.29) is 0 Å².